The SMILES string of the molecule is CC(NC(=O)c1cc2nc(C3CC3)cc(C(F)F)n2n1)c1cccc(-n2cccc2)c1. The third-order valence-corrected chi connectivity index (χ3v) is 5.55. The molecule has 1 N–H and O–H groups in total. The van der Waals surface area contributed by atoms with Crippen LogP contribution in [0.5, 0.6) is 0 Å². The van der Waals surface area contributed by atoms with E-state index in [1.165, 1.54) is 12.1 Å². The van der Waals surface area contributed by atoms with E-state index in [1.807, 2.05) is 60.3 Å². The molecule has 1 aliphatic carbocycles. The van der Waals surface area contributed by atoms with E-state index in [9.17, 15) is 13.6 Å². The number of fused-ring (bicyclic) bond motifs is 1. The van der Waals surface area contributed by atoms with Gasteiger partial charge in [0.05, 0.1) is 6.04 Å². The maximum absolute atomic E-state index is 13.6. The molecule has 0 saturated heterocycles. The van der Waals surface area contributed by atoms with E-state index in [1.54, 1.807) is 0 Å². The molecule has 0 bridgehead atoms. The van der Waals surface area contributed by atoms with Gasteiger partial charge in [-0.15, -0.1) is 0 Å². The van der Waals surface area contributed by atoms with Gasteiger partial charge in [0.15, 0.2) is 11.3 Å². The van der Waals surface area contributed by atoms with Crippen molar-refractivity contribution in [2.24, 2.45) is 0 Å². The Balaban J connectivity index is 1.40. The van der Waals surface area contributed by atoms with Crippen LogP contribution in [0.2, 0.25) is 0 Å². The molecule has 6 nitrogen and oxygen atoms in total. The van der Waals surface area contributed by atoms with E-state index in [4.69, 9.17) is 0 Å². The van der Waals surface area contributed by atoms with Crippen LogP contribution in [-0.2, 0) is 0 Å². The lowest BCUT2D eigenvalue weighted by Gasteiger charge is -2.15. The van der Waals surface area contributed by atoms with Crippen LogP contribution in [0.3, 0.4) is 0 Å². The number of nitrogens with one attached hydrogen (secondary N) is 1. The summed E-state index contributed by atoms with van der Waals surface area (Å²) in [4.78, 5) is 17.3. The van der Waals surface area contributed by atoms with Gasteiger partial charge in [-0.2, -0.15) is 5.10 Å². The molecule has 1 aromatic carbocycles. The number of benzene rings is 1. The van der Waals surface area contributed by atoms with E-state index in [2.05, 4.69) is 15.4 Å². The molecule has 0 spiro atoms. The molecule has 3 aromatic heterocycles. The van der Waals surface area contributed by atoms with Gasteiger partial charge in [0, 0.05) is 35.8 Å². The molecular weight excluding hydrogens is 400 g/mol. The summed E-state index contributed by atoms with van der Waals surface area (Å²) in [7, 11) is 0. The van der Waals surface area contributed by atoms with Crippen molar-refractivity contribution in [1.29, 1.82) is 0 Å². The number of aromatic nitrogens is 4. The van der Waals surface area contributed by atoms with Crippen molar-refractivity contribution >= 4 is 11.6 Å². The lowest BCUT2D eigenvalue weighted by atomic mass is 10.1. The lowest BCUT2D eigenvalue weighted by molar-refractivity contribution is 0.0933. The minimum absolute atomic E-state index is 0.0655. The fraction of sp³-hybridized carbons (Fsp3) is 0.261. The van der Waals surface area contributed by atoms with Crippen molar-refractivity contribution in [3.05, 3.63) is 83.6 Å². The topological polar surface area (TPSA) is 64.2 Å². The Bertz CT molecular complexity index is 1240. The predicted molar refractivity (Wildman–Crippen MR) is 112 cm³/mol. The molecule has 1 saturated carbocycles. The summed E-state index contributed by atoms with van der Waals surface area (Å²) in [5.41, 5.74) is 2.64. The summed E-state index contributed by atoms with van der Waals surface area (Å²) in [5.74, 6) is -0.208. The Morgan fingerprint density at radius 3 is 2.61 bits per heavy atom. The van der Waals surface area contributed by atoms with E-state index < -0.39 is 12.3 Å². The molecule has 3 heterocycles. The summed E-state index contributed by atoms with van der Waals surface area (Å²) in [6.45, 7) is 1.87. The summed E-state index contributed by atoms with van der Waals surface area (Å²) < 4.78 is 30.2. The zero-order valence-electron chi connectivity index (χ0n) is 16.9. The second kappa shape index (κ2) is 7.61. The van der Waals surface area contributed by atoms with Crippen LogP contribution in [0.25, 0.3) is 11.3 Å². The van der Waals surface area contributed by atoms with Crippen LogP contribution in [0.1, 0.15) is 65.6 Å². The van der Waals surface area contributed by atoms with Gasteiger partial charge in [0.25, 0.3) is 12.3 Å². The van der Waals surface area contributed by atoms with E-state index in [0.717, 1.165) is 28.6 Å². The van der Waals surface area contributed by atoms with Crippen molar-refractivity contribution in [2.75, 3.05) is 0 Å². The van der Waals surface area contributed by atoms with Gasteiger partial charge in [-0.1, -0.05) is 12.1 Å². The number of hydrogen-bond donors (Lipinski definition) is 1. The monoisotopic (exact) mass is 421 g/mol. The maximum Gasteiger partial charge on any atom is 0.280 e. The molecule has 4 aromatic rings. The van der Waals surface area contributed by atoms with Crippen molar-refractivity contribution < 1.29 is 13.6 Å². The summed E-state index contributed by atoms with van der Waals surface area (Å²) in [5, 5.41) is 7.02. The molecule has 0 radical (unpaired) electrons. The van der Waals surface area contributed by atoms with Crippen LogP contribution in [0, 0.1) is 0 Å². The number of carbonyl (C=O) groups excluding carboxylic acids is 1. The Kier molecular flexibility index (Phi) is 4.77. The van der Waals surface area contributed by atoms with Gasteiger partial charge in [0.2, 0.25) is 0 Å². The van der Waals surface area contributed by atoms with Crippen LogP contribution in [0.15, 0.2) is 60.9 Å². The Hall–Kier alpha value is -3.55. The average Bonchev–Trinajstić information content (AvgIpc) is 3.29. The second-order valence-electron chi connectivity index (χ2n) is 7.86. The Labute approximate surface area is 177 Å². The van der Waals surface area contributed by atoms with E-state index in [0.29, 0.717) is 5.69 Å². The standard InChI is InChI=1S/C23H21F2N5O/c1-14(16-5-4-6-17(11-16)29-9-2-3-10-29)26-23(31)19-13-21-27-18(15-7-8-15)12-20(22(24)25)30(21)28-19/h2-6,9-15,22H,7-8H2,1H3,(H,26,31). The molecule has 1 unspecified atom stereocenters. The predicted octanol–water partition coefficient (Wildman–Crippen LogP) is 4.83. The Morgan fingerprint density at radius 2 is 1.90 bits per heavy atom. The second-order valence-corrected chi connectivity index (χ2v) is 7.86. The summed E-state index contributed by atoms with van der Waals surface area (Å²) in [6, 6.07) is 14.3. The van der Waals surface area contributed by atoms with Gasteiger partial charge in [0.1, 0.15) is 5.69 Å². The molecule has 31 heavy (non-hydrogen) atoms. The number of alkyl halides is 2. The first-order valence-electron chi connectivity index (χ1n) is 10.2. The first-order valence-corrected chi connectivity index (χ1v) is 10.2. The maximum atomic E-state index is 13.6. The van der Waals surface area contributed by atoms with Gasteiger partial charge >= 0.3 is 0 Å². The fourth-order valence-corrected chi connectivity index (χ4v) is 3.69. The minimum Gasteiger partial charge on any atom is -0.344 e. The van der Waals surface area contributed by atoms with Crippen molar-refractivity contribution in [3.8, 4) is 5.69 Å². The van der Waals surface area contributed by atoms with Crippen LogP contribution < -0.4 is 5.32 Å². The molecule has 8 heteroatoms. The number of hydrogen-bond acceptors (Lipinski definition) is 3. The number of amides is 1. The zero-order chi connectivity index (χ0) is 21.5. The average molecular weight is 421 g/mol. The smallest absolute Gasteiger partial charge is 0.280 e. The zero-order valence-corrected chi connectivity index (χ0v) is 16.9. The van der Waals surface area contributed by atoms with E-state index >= 15 is 0 Å². The van der Waals surface area contributed by atoms with Crippen molar-refractivity contribution in [2.45, 2.75) is 38.2 Å². The van der Waals surface area contributed by atoms with Gasteiger partial charge in [-0.25, -0.2) is 18.3 Å². The number of carbonyl (C=O) groups is 1. The first kappa shape index (κ1) is 19.4. The van der Waals surface area contributed by atoms with Crippen molar-refractivity contribution in [3.63, 3.8) is 0 Å². The summed E-state index contributed by atoms with van der Waals surface area (Å²) in [6.07, 6.45) is 3.10. The molecule has 0 aliphatic heterocycles. The molecule has 158 valence electrons. The van der Waals surface area contributed by atoms with Gasteiger partial charge in [-0.3, -0.25) is 4.79 Å². The minimum atomic E-state index is -2.70. The lowest BCUT2D eigenvalue weighted by Crippen LogP contribution is -2.27. The highest BCUT2D eigenvalue weighted by molar-refractivity contribution is 5.93. The third kappa shape index (κ3) is 3.81. The molecule has 1 fully saturated rings. The van der Waals surface area contributed by atoms with Crippen LogP contribution in [0.4, 0.5) is 8.78 Å². The first-order chi connectivity index (χ1) is 15.0. The highest BCUT2D eigenvalue weighted by Gasteiger charge is 2.28. The van der Waals surface area contributed by atoms with Crippen LogP contribution >= 0.6 is 0 Å². The third-order valence-electron chi connectivity index (χ3n) is 5.55. The quantitative estimate of drug-likeness (QED) is 0.485. The molecule has 1 atom stereocenters. The molecule has 1 amide bonds. The number of rotatable bonds is 6. The number of nitrogens with zero attached hydrogens (tertiary/aromatic N) is 4. The highest BCUT2D eigenvalue weighted by Crippen LogP contribution is 2.40. The van der Waals surface area contributed by atoms with Crippen molar-refractivity contribution in [1.82, 2.24) is 24.5 Å². The number of halogens is 2. The fourth-order valence-electron chi connectivity index (χ4n) is 3.69. The molecule has 1 aliphatic rings. The largest absolute Gasteiger partial charge is 0.344 e. The summed E-state index contributed by atoms with van der Waals surface area (Å²) >= 11 is 0. The Morgan fingerprint density at radius 1 is 1.13 bits per heavy atom. The van der Waals surface area contributed by atoms with Crippen LogP contribution in [-0.4, -0.2) is 25.1 Å². The van der Waals surface area contributed by atoms with E-state index in [-0.39, 0.29) is 29.0 Å². The molecular formula is C23H21F2N5O. The highest BCUT2D eigenvalue weighted by atomic mass is 19.3. The van der Waals surface area contributed by atoms with Gasteiger partial charge < -0.3 is 9.88 Å². The normalized spacial score (nSPS) is 14.8. The van der Waals surface area contributed by atoms with Gasteiger partial charge in [-0.05, 0) is 55.7 Å². The molecule has 5 rings (SSSR count).